The Morgan fingerprint density at radius 2 is 1.85 bits per heavy atom. The monoisotopic (exact) mass is 401 g/mol. The van der Waals surface area contributed by atoms with Gasteiger partial charge in [0, 0.05) is 11.8 Å². The number of hydrogen-bond donors (Lipinski definition) is 0. The first-order valence-corrected chi connectivity index (χ1v) is 8.98. The molecule has 27 heavy (non-hydrogen) atoms. The second kappa shape index (κ2) is 6.72. The van der Waals surface area contributed by atoms with Crippen molar-refractivity contribution in [3.63, 3.8) is 0 Å². The van der Waals surface area contributed by atoms with Crippen LogP contribution in [0.5, 0.6) is 11.5 Å². The molecule has 3 rings (SSSR count). The summed E-state index contributed by atoms with van der Waals surface area (Å²) in [7, 11) is -4.25. The molecule has 0 unspecified atom stereocenters. The molecule has 0 bridgehead atoms. The number of rotatable bonds is 5. The fraction of sp³-hybridized carbons (Fsp3) is 0.250. The minimum atomic E-state index is -5.80. The van der Waals surface area contributed by atoms with Gasteiger partial charge in [0.1, 0.15) is 5.75 Å². The molecule has 0 N–H and O–H groups in total. The number of ether oxygens (including phenoxy) is 1. The van der Waals surface area contributed by atoms with Crippen LogP contribution in [-0.2, 0) is 16.7 Å². The van der Waals surface area contributed by atoms with Crippen molar-refractivity contribution in [2.45, 2.75) is 19.0 Å². The summed E-state index contributed by atoms with van der Waals surface area (Å²) in [6.07, 6.45) is 1.21. The van der Waals surface area contributed by atoms with Gasteiger partial charge >= 0.3 is 15.6 Å². The van der Waals surface area contributed by atoms with Crippen LogP contribution in [0.15, 0.2) is 36.5 Å². The van der Waals surface area contributed by atoms with Gasteiger partial charge in [-0.2, -0.15) is 26.7 Å². The van der Waals surface area contributed by atoms with E-state index in [0.29, 0.717) is 5.75 Å². The Labute approximate surface area is 152 Å². The highest BCUT2D eigenvalue weighted by atomic mass is 32.2. The maximum atomic E-state index is 12.6. The Morgan fingerprint density at radius 1 is 1.19 bits per heavy atom. The van der Waals surface area contributed by atoms with Crippen LogP contribution < -0.4 is 8.92 Å². The summed E-state index contributed by atoms with van der Waals surface area (Å²) < 4.78 is 71.3. The van der Waals surface area contributed by atoms with Gasteiger partial charge < -0.3 is 8.92 Å². The maximum absolute atomic E-state index is 12.6. The molecule has 0 aliphatic heterocycles. The molecule has 0 aliphatic carbocycles. The van der Waals surface area contributed by atoms with Crippen molar-refractivity contribution in [2.75, 3.05) is 7.11 Å². The van der Waals surface area contributed by atoms with E-state index >= 15 is 0 Å². The zero-order chi connectivity index (χ0) is 19.8. The smallest absolute Gasteiger partial charge is 0.497 e. The Kier molecular flexibility index (Phi) is 4.72. The van der Waals surface area contributed by atoms with Gasteiger partial charge in [0.15, 0.2) is 11.4 Å². The number of methoxy groups -OCH3 is 1. The van der Waals surface area contributed by atoms with Crippen molar-refractivity contribution in [1.82, 2.24) is 14.8 Å². The number of halogens is 3. The summed E-state index contributed by atoms with van der Waals surface area (Å²) in [5.74, 6) is 0.196. The number of alkyl halides is 3. The zero-order valence-corrected chi connectivity index (χ0v) is 15.0. The molecule has 3 aromatic rings. The Hall–Kier alpha value is -2.82. The lowest BCUT2D eigenvalue weighted by Crippen LogP contribution is -2.28. The SMILES string of the molecule is COc1ccc(Cn2ncc3c(OS(=O)(=O)C(F)(F)F)cc(C)nc32)cc1. The number of fused-ring (bicyclic) bond motifs is 1. The fourth-order valence-electron chi connectivity index (χ4n) is 2.39. The van der Waals surface area contributed by atoms with Crippen LogP contribution in [0.2, 0.25) is 0 Å². The van der Waals surface area contributed by atoms with Crippen molar-refractivity contribution in [1.29, 1.82) is 0 Å². The van der Waals surface area contributed by atoms with E-state index in [9.17, 15) is 21.6 Å². The predicted molar refractivity (Wildman–Crippen MR) is 90.0 cm³/mol. The third-order valence-electron chi connectivity index (χ3n) is 3.67. The molecule has 7 nitrogen and oxygen atoms in total. The Bertz CT molecular complexity index is 1080. The molecule has 1 aromatic carbocycles. The minimum absolute atomic E-state index is 0.0573. The summed E-state index contributed by atoms with van der Waals surface area (Å²) in [4.78, 5) is 4.24. The summed E-state index contributed by atoms with van der Waals surface area (Å²) >= 11 is 0. The van der Waals surface area contributed by atoms with E-state index in [4.69, 9.17) is 4.74 Å². The quantitative estimate of drug-likeness (QED) is 0.483. The van der Waals surface area contributed by atoms with E-state index in [1.54, 1.807) is 31.4 Å². The zero-order valence-electron chi connectivity index (χ0n) is 14.2. The number of hydrogen-bond acceptors (Lipinski definition) is 6. The van der Waals surface area contributed by atoms with Gasteiger partial charge in [-0.1, -0.05) is 12.1 Å². The summed E-state index contributed by atoms with van der Waals surface area (Å²) in [5.41, 5.74) is -4.20. The van der Waals surface area contributed by atoms with Crippen LogP contribution in [0.1, 0.15) is 11.3 Å². The van der Waals surface area contributed by atoms with Crippen molar-refractivity contribution in [3.8, 4) is 11.5 Å². The first-order chi connectivity index (χ1) is 12.6. The summed E-state index contributed by atoms with van der Waals surface area (Å²) in [5, 5.41) is 4.15. The molecule has 0 amide bonds. The molecule has 0 atom stereocenters. The predicted octanol–water partition coefficient (Wildman–Crippen LogP) is 3.03. The van der Waals surface area contributed by atoms with Crippen LogP contribution in [0.3, 0.4) is 0 Å². The van der Waals surface area contributed by atoms with E-state index < -0.39 is 21.4 Å². The third-order valence-corrected chi connectivity index (χ3v) is 4.64. The maximum Gasteiger partial charge on any atom is 0.534 e. The molecule has 11 heteroatoms. The lowest BCUT2D eigenvalue weighted by molar-refractivity contribution is -0.0499. The first-order valence-electron chi connectivity index (χ1n) is 7.57. The van der Waals surface area contributed by atoms with E-state index in [0.717, 1.165) is 11.6 Å². The standard InChI is InChI=1S/C16H14F3N3O4S/c1-10-7-14(26-27(23,24)16(17,18)19)13-8-20-22(15(13)21-10)9-11-3-5-12(25-2)6-4-11/h3-8H,9H2,1-2H3. The van der Waals surface area contributed by atoms with Crippen LogP contribution in [-0.4, -0.2) is 35.8 Å². The minimum Gasteiger partial charge on any atom is -0.497 e. The fourth-order valence-corrected chi connectivity index (χ4v) is 2.86. The highest BCUT2D eigenvalue weighted by molar-refractivity contribution is 7.88. The molecule has 2 aromatic heterocycles. The van der Waals surface area contributed by atoms with Gasteiger partial charge in [-0.05, 0) is 24.6 Å². The largest absolute Gasteiger partial charge is 0.534 e. The van der Waals surface area contributed by atoms with Gasteiger partial charge in [-0.25, -0.2) is 9.67 Å². The Morgan fingerprint density at radius 3 is 2.44 bits per heavy atom. The van der Waals surface area contributed by atoms with Gasteiger partial charge in [-0.15, -0.1) is 0 Å². The topological polar surface area (TPSA) is 83.3 Å². The molecule has 0 spiro atoms. The molecular weight excluding hydrogens is 387 g/mol. The number of nitrogens with zero attached hydrogens (tertiary/aromatic N) is 3. The van der Waals surface area contributed by atoms with Gasteiger partial charge in [0.25, 0.3) is 0 Å². The van der Waals surface area contributed by atoms with Gasteiger partial charge in [0.05, 0.1) is 25.2 Å². The molecule has 0 saturated heterocycles. The number of pyridine rings is 1. The average Bonchev–Trinajstić information content (AvgIpc) is 2.97. The summed E-state index contributed by atoms with van der Waals surface area (Å²) in [6.45, 7) is 1.78. The van der Waals surface area contributed by atoms with Crippen LogP contribution >= 0.6 is 0 Å². The van der Waals surface area contributed by atoms with Gasteiger partial charge in [-0.3, -0.25) is 0 Å². The number of aromatic nitrogens is 3. The normalized spacial score (nSPS) is 12.3. The van der Waals surface area contributed by atoms with Crippen molar-refractivity contribution >= 4 is 21.2 Å². The molecule has 144 valence electrons. The lowest BCUT2D eigenvalue weighted by Gasteiger charge is -2.11. The second-order valence-corrected chi connectivity index (χ2v) is 7.17. The molecular formula is C16H14F3N3O4S. The molecule has 0 aliphatic rings. The van der Waals surface area contributed by atoms with Crippen LogP contribution in [0.25, 0.3) is 11.0 Å². The van der Waals surface area contributed by atoms with E-state index in [2.05, 4.69) is 14.3 Å². The van der Waals surface area contributed by atoms with Gasteiger partial charge in [0.2, 0.25) is 0 Å². The summed E-state index contributed by atoms with van der Waals surface area (Å²) in [6, 6.07) is 8.22. The van der Waals surface area contributed by atoms with E-state index in [-0.39, 0.29) is 23.3 Å². The van der Waals surface area contributed by atoms with Crippen molar-refractivity contribution < 1.29 is 30.5 Å². The highest BCUT2D eigenvalue weighted by Crippen LogP contribution is 2.32. The molecule has 0 saturated carbocycles. The van der Waals surface area contributed by atoms with E-state index in [1.807, 2.05) is 0 Å². The number of aryl methyl sites for hydroxylation is 1. The molecule has 0 fully saturated rings. The van der Waals surface area contributed by atoms with Crippen molar-refractivity contribution in [2.24, 2.45) is 0 Å². The first kappa shape index (κ1) is 19.0. The molecule has 0 radical (unpaired) electrons. The lowest BCUT2D eigenvalue weighted by atomic mass is 10.2. The van der Waals surface area contributed by atoms with Crippen LogP contribution in [0, 0.1) is 6.92 Å². The second-order valence-electron chi connectivity index (χ2n) is 5.63. The third kappa shape index (κ3) is 3.82. The Balaban J connectivity index is 1.99. The van der Waals surface area contributed by atoms with Crippen molar-refractivity contribution in [3.05, 3.63) is 47.8 Å². The van der Waals surface area contributed by atoms with E-state index in [1.165, 1.54) is 17.8 Å². The van der Waals surface area contributed by atoms with Crippen LogP contribution in [0.4, 0.5) is 13.2 Å². The number of benzene rings is 1. The molecule has 2 heterocycles. The highest BCUT2D eigenvalue weighted by Gasteiger charge is 2.48. The average molecular weight is 401 g/mol.